The predicted molar refractivity (Wildman–Crippen MR) is 45.6 cm³/mol. The highest BCUT2D eigenvalue weighted by atomic mass is 32.2. The molecule has 0 aromatic carbocycles. The van der Waals surface area contributed by atoms with Crippen molar-refractivity contribution in [3.63, 3.8) is 0 Å². The van der Waals surface area contributed by atoms with Crippen molar-refractivity contribution in [1.82, 2.24) is 0 Å². The van der Waals surface area contributed by atoms with Crippen LogP contribution >= 0.6 is 11.8 Å². The van der Waals surface area contributed by atoms with Gasteiger partial charge in [-0.15, -0.1) is 11.8 Å². The van der Waals surface area contributed by atoms with Crippen LogP contribution in [0.5, 0.6) is 0 Å². The van der Waals surface area contributed by atoms with Crippen molar-refractivity contribution in [1.29, 1.82) is 0 Å². The molecule has 1 heteroatoms. The van der Waals surface area contributed by atoms with Crippen LogP contribution in [0.15, 0.2) is 41.4 Å². The molecule has 1 heterocycles. The van der Waals surface area contributed by atoms with Crippen molar-refractivity contribution in [2.75, 3.05) is 0 Å². The molecule has 1 radical (unpaired) electrons. The first-order valence-electron chi connectivity index (χ1n) is 3.25. The minimum Gasteiger partial charge on any atom is -0.121 e. The van der Waals surface area contributed by atoms with Gasteiger partial charge in [-0.3, -0.25) is 0 Å². The predicted octanol–water partition coefficient (Wildman–Crippen LogP) is 2.47. The molecule has 0 saturated carbocycles. The zero-order valence-corrected chi connectivity index (χ0v) is 6.27. The lowest BCUT2D eigenvalue weighted by molar-refractivity contribution is 1.33. The lowest BCUT2D eigenvalue weighted by Gasteiger charge is -2.00. The van der Waals surface area contributed by atoms with E-state index in [-0.39, 0.29) is 0 Å². The molecule has 0 fully saturated rings. The third kappa shape index (κ3) is 0.971. The fraction of sp³-hybridized carbons (Fsp3) is 0.111. The number of hydrogen-bond acceptors (Lipinski definition) is 1. The molecule has 1 unspecified atom stereocenters. The van der Waals surface area contributed by atoms with Crippen LogP contribution in [0, 0.1) is 6.08 Å². The van der Waals surface area contributed by atoms with Gasteiger partial charge in [0, 0.05) is 0 Å². The van der Waals surface area contributed by atoms with Gasteiger partial charge in [0.25, 0.3) is 0 Å². The van der Waals surface area contributed by atoms with E-state index in [4.69, 9.17) is 0 Å². The molecule has 2 rings (SSSR count). The maximum atomic E-state index is 3.20. The van der Waals surface area contributed by atoms with Crippen molar-refractivity contribution >= 4 is 11.8 Å². The standard InChI is InChI=1S/C9H7S/c1-2-4-8-6-7-10-9(8)5-3-1/h1-5,7,9H. The first kappa shape index (κ1) is 6.05. The molecule has 0 aromatic heterocycles. The number of fused-ring (bicyclic) bond motifs is 1. The molecular formula is C9H7S. The first-order chi connectivity index (χ1) is 4.97. The second kappa shape index (κ2) is 2.51. The van der Waals surface area contributed by atoms with Gasteiger partial charge in [-0.1, -0.05) is 30.4 Å². The summed E-state index contributed by atoms with van der Waals surface area (Å²) in [5.41, 5.74) is 1.29. The minimum atomic E-state index is 0.523. The van der Waals surface area contributed by atoms with Crippen molar-refractivity contribution in [3.8, 4) is 0 Å². The fourth-order valence-corrected chi connectivity index (χ4v) is 1.84. The topological polar surface area (TPSA) is 0 Å². The van der Waals surface area contributed by atoms with Gasteiger partial charge in [0.2, 0.25) is 0 Å². The van der Waals surface area contributed by atoms with Crippen LogP contribution in [0.3, 0.4) is 0 Å². The largest absolute Gasteiger partial charge is 0.121 e. The lowest BCUT2D eigenvalue weighted by atomic mass is 10.2. The Bertz CT molecular complexity index is 243. The van der Waals surface area contributed by atoms with E-state index in [1.54, 1.807) is 0 Å². The molecule has 2 aliphatic rings. The fourth-order valence-electron chi connectivity index (χ4n) is 1.01. The van der Waals surface area contributed by atoms with Crippen LogP contribution in [0.4, 0.5) is 0 Å². The molecular weight excluding hydrogens is 140 g/mol. The van der Waals surface area contributed by atoms with Gasteiger partial charge >= 0.3 is 0 Å². The summed E-state index contributed by atoms with van der Waals surface area (Å²) in [6.07, 6.45) is 13.7. The Hall–Kier alpha value is -0.690. The van der Waals surface area contributed by atoms with Crippen molar-refractivity contribution < 1.29 is 0 Å². The molecule has 0 aromatic rings. The highest BCUT2D eigenvalue weighted by Gasteiger charge is 2.13. The zero-order chi connectivity index (χ0) is 6.81. The van der Waals surface area contributed by atoms with E-state index in [1.807, 2.05) is 23.2 Å². The van der Waals surface area contributed by atoms with Gasteiger partial charge in [0.05, 0.1) is 5.25 Å². The molecule has 1 atom stereocenters. The van der Waals surface area contributed by atoms with E-state index < -0.39 is 0 Å². The van der Waals surface area contributed by atoms with Gasteiger partial charge in [-0.25, -0.2) is 0 Å². The van der Waals surface area contributed by atoms with Crippen molar-refractivity contribution in [2.45, 2.75) is 5.25 Å². The third-order valence-corrected chi connectivity index (χ3v) is 2.49. The highest BCUT2D eigenvalue weighted by Crippen LogP contribution is 2.30. The maximum Gasteiger partial charge on any atom is 0.0528 e. The van der Waals surface area contributed by atoms with Gasteiger partial charge in [0.15, 0.2) is 0 Å². The summed E-state index contributed by atoms with van der Waals surface area (Å²) in [7, 11) is 0. The highest BCUT2D eigenvalue weighted by molar-refractivity contribution is 8.03. The molecule has 0 spiro atoms. The molecule has 0 N–H and O–H groups in total. The number of rotatable bonds is 0. The summed E-state index contributed by atoms with van der Waals surface area (Å²) < 4.78 is 0. The zero-order valence-electron chi connectivity index (χ0n) is 5.45. The van der Waals surface area contributed by atoms with Gasteiger partial charge in [-0.05, 0) is 17.1 Å². The molecule has 0 bridgehead atoms. The first-order valence-corrected chi connectivity index (χ1v) is 4.20. The second-order valence-corrected chi connectivity index (χ2v) is 3.23. The summed E-state index contributed by atoms with van der Waals surface area (Å²) in [6.45, 7) is 0. The van der Waals surface area contributed by atoms with Crippen LogP contribution in [0.1, 0.15) is 0 Å². The molecule has 1 aliphatic heterocycles. The van der Waals surface area contributed by atoms with Crippen LogP contribution < -0.4 is 0 Å². The normalized spacial score (nSPS) is 28.0. The van der Waals surface area contributed by atoms with Crippen LogP contribution in [-0.2, 0) is 0 Å². The third-order valence-electron chi connectivity index (χ3n) is 1.53. The van der Waals surface area contributed by atoms with Gasteiger partial charge < -0.3 is 0 Å². The van der Waals surface area contributed by atoms with E-state index in [0.29, 0.717) is 5.25 Å². The average molecular weight is 147 g/mol. The quantitative estimate of drug-likeness (QED) is 0.507. The second-order valence-electron chi connectivity index (χ2n) is 2.21. The summed E-state index contributed by atoms with van der Waals surface area (Å²) in [4.78, 5) is 0. The van der Waals surface area contributed by atoms with E-state index >= 15 is 0 Å². The summed E-state index contributed by atoms with van der Waals surface area (Å²) in [5, 5.41) is 2.55. The molecule has 10 heavy (non-hydrogen) atoms. The lowest BCUT2D eigenvalue weighted by Crippen LogP contribution is -1.93. The summed E-state index contributed by atoms with van der Waals surface area (Å²) in [6, 6.07) is 0. The van der Waals surface area contributed by atoms with E-state index in [1.165, 1.54) is 5.57 Å². The van der Waals surface area contributed by atoms with Crippen LogP contribution in [0.2, 0.25) is 0 Å². The van der Waals surface area contributed by atoms with Gasteiger partial charge in [-0.2, -0.15) is 0 Å². The maximum absolute atomic E-state index is 3.20. The summed E-state index contributed by atoms with van der Waals surface area (Å²) >= 11 is 1.81. The Morgan fingerprint density at radius 3 is 3.30 bits per heavy atom. The van der Waals surface area contributed by atoms with Gasteiger partial charge in [0.1, 0.15) is 0 Å². The minimum absolute atomic E-state index is 0.523. The molecule has 0 saturated heterocycles. The smallest absolute Gasteiger partial charge is 0.0528 e. The number of allylic oxidation sites excluding steroid dienone is 5. The molecule has 0 amide bonds. The van der Waals surface area contributed by atoms with Crippen molar-refractivity contribution in [3.05, 3.63) is 47.4 Å². The Labute approximate surface area is 65.0 Å². The van der Waals surface area contributed by atoms with Crippen molar-refractivity contribution in [2.24, 2.45) is 0 Å². The Morgan fingerprint density at radius 2 is 2.30 bits per heavy atom. The molecule has 49 valence electrons. The molecule has 1 aliphatic carbocycles. The van der Waals surface area contributed by atoms with E-state index in [2.05, 4.69) is 30.4 Å². The SMILES string of the molecule is [C]1=CSC2C=CC=CC=C12. The Morgan fingerprint density at radius 1 is 1.30 bits per heavy atom. The molecule has 0 nitrogen and oxygen atoms in total. The van der Waals surface area contributed by atoms with E-state index in [9.17, 15) is 0 Å². The monoisotopic (exact) mass is 147 g/mol. The Kier molecular flexibility index (Phi) is 1.52. The Balaban J connectivity index is 2.36. The van der Waals surface area contributed by atoms with Crippen LogP contribution in [-0.4, -0.2) is 5.25 Å². The summed E-state index contributed by atoms with van der Waals surface area (Å²) in [5.74, 6) is 0. The number of thioether (sulfide) groups is 1. The number of hydrogen-bond donors (Lipinski definition) is 0. The van der Waals surface area contributed by atoms with Crippen LogP contribution in [0.25, 0.3) is 0 Å². The van der Waals surface area contributed by atoms with E-state index in [0.717, 1.165) is 0 Å². The average Bonchev–Trinajstić information content (AvgIpc) is 2.28.